The molecule has 0 atom stereocenters. The third kappa shape index (κ3) is 3.61. The molecular formula is C11H11BrINO. The number of rotatable bonds is 3. The van der Waals surface area contributed by atoms with Crippen LogP contribution in [0.2, 0.25) is 0 Å². The molecule has 0 bridgehead atoms. The van der Waals surface area contributed by atoms with Crippen molar-refractivity contribution in [2.45, 2.75) is 6.92 Å². The number of hydrogen-bond acceptors (Lipinski definition) is 1. The van der Waals surface area contributed by atoms with E-state index < -0.39 is 0 Å². The molecule has 0 aliphatic carbocycles. The predicted octanol–water partition coefficient (Wildman–Crippen LogP) is 3.24. The Kier molecular flexibility index (Phi) is 4.79. The van der Waals surface area contributed by atoms with E-state index in [4.69, 9.17) is 0 Å². The molecule has 1 amide bonds. The van der Waals surface area contributed by atoms with Gasteiger partial charge in [0.25, 0.3) is 5.91 Å². The van der Waals surface area contributed by atoms with Gasteiger partial charge in [0.2, 0.25) is 0 Å². The number of aryl methyl sites for hydroxylation is 1. The van der Waals surface area contributed by atoms with Crippen molar-refractivity contribution in [3.8, 4) is 0 Å². The molecule has 1 aromatic rings. The summed E-state index contributed by atoms with van der Waals surface area (Å²) in [6.07, 6.45) is 0. The minimum Gasteiger partial charge on any atom is -0.347 e. The first-order valence-electron chi connectivity index (χ1n) is 4.39. The molecule has 0 aromatic heterocycles. The second kappa shape index (κ2) is 5.65. The summed E-state index contributed by atoms with van der Waals surface area (Å²) in [7, 11) is 0. The number of carbonyl (C=O) groups excluding carboxylic acids is 1. The van der Waals surface area contributed by atoms with Crippen LogP contribution in [0.25, 0.3) is 0 Å². The first-order chi connectivity index (χ1) is 7.02. The van der Waals surface area contributed by atoms with Crippen LogP contribution in [0.3, 0.4) is 0 Å². The maximum absolute atomic E-state index is 11.7. The van der Waals surface area contributed by atoms with E-state index >= 15 is 0 Å². The van der Waals surface area contributed by atoms with E-state index in [1.165, 1.54) is 0 Å². The van der Waals surface area contributed by atoms with Crippen molar-refractivity contribution in [2.24, 2.45) is 0 Å². The zero-order valence-corrected chi connectivity index (χ0v) is 12.1. The molecule has 1 N–H and O–H groups in total. The van der Waals surface area contributed by atoms with Gasteiger partial charge in [0, 0.05) is 14.6 Å². The Balaban J connectivity index is 2.82. The van der Waals surface area contributed by atoms with Crippen LogP contribution < -0.4 is 5.32 Å². The minimum absolute atomic E-state index is 0.0660. The lowest BCUT2D eigenvalue weighted by atomic mass is 10.1. The molecular weight excluding hydrogens is 369 g/mol. The Morgan fingerprint density at radius 3 is 2.87 bits per heavy atom. The molecule has 0 aliphatic rings. The Bertz CT molecular complexity index is 404. The molecule has 0 spiro atoms. The summed E-state index contributed by atoms with van der Waals surface area (Å²) in [5.41, 5.74) is 1.82. The first-order valence-corrected chi connectivity index (χ1v) is 6.26. The fourth-order valence-corrected chi connectivity index (χ4v) is 1.84. The van der Waals surface area contributed by atoms with Crippen LogP contribution in [-0.4, -0.2) is 12.5 Å². The Labute approximate surface area is 111 Å². The van der Waals surface area contributed by atoms with E-state index in [9.17, 15) is 4.79 Å². The van der Waals surface area contributed by atoms with Gasteiger partial charge in [0.1, 0.15) is 0 Å². The summed E-state index contributed by atoms with van der Waals surface area (Å²) < 4.78 is 1.76. The smallest absolute Gasteiger partial charge is 0.252 e. The van der Waals surface area contributed by atoms with Gasteiger partial charge in [-0.1, -0.05) is 34.6 Å². The molecule has 0 unspecified atom stereocenters. The quantitative estimate of drug-likeness (QED) is 0.802. The molecule has 0 saturated heterocycles. The SMILES string of the molecule is C=C(Br)CNC(=O)c1cccc(C)c1I. The van der Waals surface area contributed by atoms with Gasteiger partial charge in [-0.3, -0.25) is 4.79 Å². The molecule has 15 heavy (non-hydrogen) atoms. The molecule has 2 nitrogen and oxygen atoms in total. The van der Waals surface area contributed by atoms with Crippen LogP contribution in [0.15, 0.2) is 29.3 Å². The molecule has 0 heterocycles. The van der Waals surface area contributed by atoms with Gasteiger partial charge in [-0.15, -0.1) is 0 Å². The van der Waals surface area contributed by atoms with Gasteiger partial charge in [-0.25, -0.2) is 0 Å². The standard InChI is InChI=1S/C11H11BrINO/c1-7-4-3-5-9(10(7)13)11(15)14-6-8(2)12/h3-5H,2,6H2,1H3,(H,14,15). The van der Waals surface area contributed by atoms with Crippen LogP contribution in [0, 0.1) is 10.5 Å². The Morgan fingerprint density at radius 1 is 1.60 bits per heavy atom. The minimum atomic E-state index is -0.0660. The van der Waals surface area contributed by atoms with Crippen LogP contribution in [0.5, 0.6) is 0 Å². The van der Waals surface area contributed by atoms with E-state index in [0.717, 1.165) is 13.6 Å². The highest BCUT2D eigenvalue weighted by atomic mass is 127. The summed E-state index contributed by atoms with van der Waals surface area (Å²) in [5.74, 6) is -0.0660. The fraction of sp³-hybridized carbons (Fsp3) is 0.182. The monoisotopic (exact) mass is 379 g/mol. The van der Waals surface area contributed by atoms with E-state index in [1.807, 2.05) is 25.1 Å². The summed E-state index contributed by atoms with van der Waals surface area (Å²) in [6, 6.07) is 5.69. The molecule has 0 aliphatic heterocycles. The van der Waals surface area contributed by atoms with Gasteiger partial charge in [-0.2, -0.15) is 0 Å². The fourth-order valence-electron chi connectivity index (χ4n) is 1.09. The van der Waals surface area contributed by atoms with Gasteiger partial charge < -0.3 is 5.32 Å². The van der Waals surface area contributed by atoms with Gasteiger partial charge in [0.05, 0.1) is 5.56 Å². The number of hydrogen-bond donors (Lipinski definition) is 1. The van der Waals surface area contributed by atoms with Crippen LogP contribution in [0.1, 0.15) is 15.9 Å². The topological polar surface area (TPSA) is 29.1 Å². The van der Waals surface area contributed by atoms with E-state index in [0.29, 0.717) is 12.1 Å². The number of benzene rings is 1. The lowest BCUT2D eigenvalue weighted by Gasteiger charge is -2.07. The van der Waals surface area contributed by atoms with Crippen molar-refractivity contribution in [1.82, 2.24) is 5.32 Å². The zero-order valence-electron chi connectivity index (χ0n) is 8.31. The summed E-state index contributed by atoms with van der Waals surface area (Å²) >= 11 is 5.38. The highest BCUT2D eigenvalue weighted by Crippen LogP contribution is 2.16. The molecule has 1 rings (SSSR count). The average Bonchev–Trinajstić information content (AvgIpc) is 2.18. The Hall–Kier alpha value is -0.360. The second-order valence-electron chi connectivity index (χ2n) is 3.14. The molecule has 0 fully saturated rings. The lowest BCUT2D eigenvalue weighted by Crippen LogP contribution is -2.25. The summed E-state index contributed by atoms with van der Waals surface area (Å²) in [6.45, 7) is 6.10. The van der Waals surface area contributed by atoms with Crippen LogP contribution in [-0.2, 0) is 0 Å². The van der Waals surface area contributed by atoms with Crippen molar-refractivity contribution in [3.63, 3.8) is 0 Å². The third-order valence-electron chi connectivity index (χ3n) is 1.88. The van der Waals surface area contributed by atoms with Crippen molar-refractivity contribution < 1.29 is 4.79 Å². The average molecular weight is 380 g/mol. The maximum Gasteiger partial charge on any atom is 0.252 e. The third-order valence-corrected chi connectivity index (χ3v) is 3.59. The normalized spacial score (nSPS) is 9.80. The number of halogens is 2. The molecule has 0 radical (unpaired) electrons. The highest BCUT2D eigenvalue weighted by molar-refractivity contribution is 14.1. The van der Waals surface area contributed by atoms with E-state index in [1.54, 1.807) is 0 Å². The van der Waals surface area contributed by atoms with Crippen molar-refractivity contribution in [2.75, 3.05) is 6.54 Å². The molecule has 1 aromatic carbocycles. The highest BCUT2D eigenvalue weighted by Gasteiger charge is 2.10. The largest absolute Gasteiger partial charge is 0.347 e. The van der Waals surface area contributed by atoms with Crippen LogP contribution in [0.4, 0.5) is 0 Å². The van der Waals surface area contributed by atoms with Gasteiger partial charge >= 0.3 is 0 Å². The van der Waals surface area contributed by atoms with Crippen molar-refractivity contribution in [3.05, 3.63) is 44.0 Å². The second-order valence-corrected chi connectivity index (χ2v) is 5.34. The Morgan fingerprint density at radius 2 is 2.27 bits per heavy atom. The zero-order chi connectivity index (χ0) is 11.4. The van der Waals surface area contributed by atoms with E-state index in [2.05, 4.69) is 50.4 Å². The lowest BCUT2D eigenvalue weighted by molar-refractivity contribution is 0.0957. The first kappa shape index (κ1) is 12.7. The predicted molar refractivity (Wildman–Crippen MR) is 74.3 cm³/mol. The molecule has 80 valence electrons. The van der Waals surface area contributed by atoms with Crippen molar-refractivity contribution in [1.29, 1.82) is 0 Å². The summed E-state index contributed by atoms with van der Waals surface area (Å²) in [4.78, 5) is 11.7. The number of nitrogens with one attached hydrogen (secondary N) is 1. The maximum atomic E-state index is 11.7. The summed E-state index contributed by atoms with van der Waals surface area (Å²) in [5, 5.41) is 2.78. The molecule has 0 saturated carbocycles. The van der Waals surface area contributed by atoms with Gasteiger partial charge in [0.15, 0.2) is 0 Å². The number of carbonyl (C=O) groups is 1. The van der Waals surface area contributed by atoms with Crippen LogP contribution >= 0.6 is 38.5 Å². The van der Waals surface area contributed by atoms with E-state index in [-0.39, 0.29) is 5.91 Å². The van der Waals surface area contributed by atoms with Crippen molar-refractivity contribution >= 4 is 44.4 Å². The number of amides is 1. The molecule has 4 heteroatoms. The van der Waals surface area contributed by atoms with Gasteiger partial charge in [-0.05, 0) is 41.1 Å².